The van der Waals surface area contributed by atoms with E-state index in [-0.39, 0.29) is 10.9 Å². The third-order valence-electron chi connectivity index (χ3n) is 4.75. The molecule has 0 amide bonds. The maximum absolute atomic E-state index is 12.9. The molecule has 0 spiro atoms. The maximum atomic E-state index is 12.9. The molecule has 1 fully saturated rings. The van der Waals surface area contributed by atoms with Gasteiger partial charge in [-0.25, -0.2) is 13.1 Å². The van der Waals surface area contributed by atoms with Crippen molar-refractivity contribution in [3.63, 3.8) is 0 Å². The molecule has 1 atom stereocenters. The average Bonchev–Trinajstić information content (AvgIpc) is 3.07. The first-order valence-electron chi connectivity index (χ1n) is 8.09. The monoisotopic (exact) mass is 333 g/mol. The minimum Gasteiger partial charge on any atom is -0.329 e. The summed E-state index contributed by atoms with van der Waals surface area (Å²) >= 11 is 0. The Labute approximate surface area is 137 Å². The second-order valence-electron chi connectivity index (χ2n) is 6.29. The van der Waals surface area contributed by atoms with Crippen LogP contribution in [0.15, 0.2) is 35.4 Å². The number of hydrogen-bond acceptors (Lipinski definition) is 4. The first-order valence-corrected chi connectivity index (χ1v) is 9.58. The lowest BCUT2D eigenvalue weighted by Gasteiger charge is -2.23. The third kappa shape index (κ3) is 3.24. The van der Waals surface area contributed by atoms with E-state index in [1.807, 2.05) is 6.92 Å². The zero-order valence-corrected chi connectivity index (χ0v) is 14.1. The fourth-order valence-corrected chi connectivity index (χ4v) is 5.00. The number of rotatable bonds is 5. The van der Waals surface area contributed by atoms with Crippen molar-refractivity contribution in [2.45, 2.75) is 43.5 Å². The Hall–Kier alpha value is -1.50. The number of nitrogens with two attached hydrogens (primary N) is 1. The highest BCUT2D eigenvalue weighted by Crippen LogP contribution is 2.29. The van der Waals surface area contributed by atoms with Gasteiger partial charge in [0.2, 0.25) is 10.0 Å². The first-order chi connectivity index (χ1) is 11.0. The number of pyridine rings is 1. The Morgan fingerprint density at radius 2 is 2.04 bits per heavy atom. The number of nitrogens with zero attached hydrogens (tertiary/aromatic N) is 1. The molecule has 1 unspecified atom stereocenters. The molecule has 6 heteroatoms. The first kappa shape index (κ1) is 16.4. The van der Waals surface area contributed by atoms with Crippen LogP contribution in [-0.4, -0.2) is 26.0 Å². The van der Waals surface area contributed by atoms with Crippen molar-refractivity contribution in [3.05, 3.63) is 36.0 Å². The predicted molar refractivity (Wildman–Crippen MR) is 91.6 cm³/mol. The van der Waals surface area contributed by atoms with Crippen LogP contribution in [0, 0.1) is 12.8 Å². The molecule has 3 N–H and O–H groups in total. The minimum absolute atomic E-state index is 0.199. The van der Waals surface area contributed by atoms with Crippen molar-refractivity contribution in [1.29, 1.82) is 0 Å². The van der Waals surface area contributed by atoms with E-state index in [0.717, 1.165) is 36.8 Å². The van der Waals surface area contributed by atoms with E-state index in [2.05, 4.69) is 9.71 Å². The summed E-state index contributed by atoms with van der Waals surface area (Å²) in [5, 5.41) is 0.655. The van der Waals surface area contributed by atoms with E-state index >= 15 is 0 Å². The molecular formula is C17H23N3O2S. The van der Waals surface area contributed by atoms with Crippen molar-refractivity contribution >= 4 is 20.9 Å². The van der Waals surface area contributed by atoms with Gasteiger partial charge in [-0.15, -0.1) is 0 Å². The topological polar surface area (TPSA) is 85.1 Å². The number of sulfonamides is 1. The Balaban J connectivity index is 1.98. The minimum atomic E-state index is -3.62. The highest BCUT2D eigenvalue weighted by Gasteiger charge is 2.29. The molecule has 1 aliphatic rings. The van der Waals surface area contributed by atoms with Gasteiger partial charge < -0.3 is 5.73 Å². The zero-order valence-electron chi connectivity index (χ0n) is 13.3. The molecule has 0 saturated heterocycles. The van der Waals surface area contributed by atoms with E-state index in [0.29, 0.717) is 17.8 Å². The largest absolute Gasteiger partial charge is 0.329 e. The van der Waals surface area contributed by atoms with Gasteiger partial charge in [0, 0.05) is 24.2 Å². The van der Waals surface area contributed by atoms with Crippen LogP contribution in [-0.2, 0) is 10.0 Å². The highest BCUT2D eigenvalue weighted by molar-refractivity contribution is 7.89. The summed E-state index contributed by atoms with van der Waals surface area (Å²) in [5.74, 6) is 0.338. The van der Waals surface area contributed by atoms with Crippen molar-refractivity contribution in [2.24, 2.45) is 11.7 Å². The van der Waals surface area contributed by atoms with Crippen molar-refractivity contribution in [2.75, 3.05) is 6.54 Å². The van der Waals surface area contributed by atoms with Crippen LogP contribution in [0.3, 0.4) is 0 Å². The summed E-state index contributed by atoms with van der Waals surface area (Å²) in [6.45, 7) is 2.26. The predicted octanol–water partition coefficient (Wildman–Crippen LogP) is 2.34. The molecule has 1 aliphatic carbocycles. The Morgan fingerprint density at radius 1 is 1.30 bits per heavy atom. The number of aryl methyl sites for hydroxylation is 1. The molecular weight excluding hydrogens is 310 g/mol. The van der Waals surface area contributed by atoms with Crippen LogP contribution in [0.1, 0.15) is 31.2 Å². The summed E-state index contributed by atoms with van der Waals surface area (Å²) < 4.78 is 28.6. The fourth-order valence-electron chi connectivity index (χ4n) is 3.48. The summed E-state index contributed by atoms with van der Waals surface area (Å²) in [4.78, 5) is 4.59. The van der Waals surface area contributed by atoms with E-state index < -0.39 is 10.0 Å². The van der Waals surface area contributed by atoms with Crippen molar-refractivity contribution in [3.8, 4) is 0 Å². The van der Waals surface area contributed by atoms with Crippen LogP contribution in [0.2, 0.25) is 0 Å². The molecule has 2 aromatic rings. The number of hydrogen-bond donors (Lipinski definition) is 2. The van der Waals surface area contributed by atoms with Gasteiger partial charge in [-0.05, 0) is 49.4 Å². The quantitative estimate of drug-likeness (QED) is 0.879. The normalized spacial score (nSPS) is 17.7. The second-order valence-corrected chi connectivity index (χ2v) is 7.97. The standard InChI is InChI=1S/C17H23N3O2S/c1-12-8-9-16(14-7-4-10-19-17(12)14)23(21,22)20-15(11-18)13-5-2-3-6-13/h4,7-10,13,15,20H,2-3,5-6,11,18H2,1H3. The molecule has 1 aromatic heterocycles. The van der Waals surface area contributed by atoms with E-state index in [9.17, 15) is 8.42 Å². The number of nitrogens with one attached hydrogen (secondary N) is 1. The molecule has 0 aliphatic heterocycles. The summed E-state index contributed by atoms with van der Waals surface area (Å²) in [6, 6.07) is 6.83. The van der Waals surface area contributed by atoms with Crippen LogP contribution in [0.25, 0.3) is 10.9 Å². The average molecular weight is 333 g/mol. The van der Waals surface area contributed by atoms with E-state index in [4.69, 9.17) is 5.73 Å². The number of benzene rings is 1. The van der Waals surface area contributed by atoms with Gasteiger partial charge in [0.1, 0.15) is 0 Å². The summed E-state index contributed by atoms with van der Waals surface area (Å²) in [7, 11) is -3.62. The molecule has 1 aromatic carbocycles. The zero-order chi connectivity index (χ0) is 16.4. The molecule has 0 radical (unpaired) electrons. The lowest BCUT2D eigenvalue weighted by atomic mass is 9.99. The molecule has 3 rings (SSSR count). The smallest absolute Gasteiger partial charge is 0.241 e. The van der Waals surface area contributed by atoms with Gasteiger partial charge in [-0.3, -0.25) is 4.98 Å². The Kier molecular flexibility index (Phi) is 4.66. The van der Waals surface area contributed by atoms with Gasteiger partial charge >= 0.3 is 0 Å². The second kappa shape index (κ2) is 6.55. The van der Waals surface area contributed by atoms with Crippen LogP contribution < -0.4 is 10.5 Å². The lowest BCUT2D eigenvalue weighted by molar-refractivity contribution is 0.406. The van der Waals surface area contributed by atoms with Crippen LogP contribution >= 0.6 is 0 Å². The van der Waals surface area contributed by atoms with Gasteiger partial charge in [-0.2, -0.15) is 0 Å². The maximum Gasteiger partial charge on any atom is 0.241 e. The van der Waals surface area contributed by atoms with Crippen LogP contribution in [0.4, 0.5) is 0 Å². The van der Waals surface area contributed by atoms with Crippen molar-refractivity contribution in [1.82, 2.24) is 9.71 Å². The van der Waals surface area contributed by atoms with Gasteiger partial charge in [0.05, 0.1) is 10.4 Å². The van der Waals surface area contributed by atoms with Gasteiger partial charge in [0.25, 0.3) is 0 Å². The van der Waals surface area contributed by atoms with Crippen LogP contribution in [0.5, 0.6) is 0 Å². The molecule has 5 nitrogen and oxygen atoms in total. The Morgan fingerprint density at radius 3 is 2.74 bits per heavy atom. The number of fused-ring (bicyclic) bond motifs is 1. The number of aromatic nitrogens is 1. The molecule has 0 bridgehead atoms. The molecule has 1 saturated carbocycles. The Bertz CT molecular complexity index is 799. The van der Waals surface area contributed by atoms with Gasteiger partial charge in [0.15, 0.2) is 0 Å². The fraction of sp³-hybridized carbons (Fsp3) is 0.471. The van der Waals surface area contributed by atoms with Gasteiger partial charge in [-0.1, -0.05) is 18.9 Å². The SMILES string of the molecule is Cc1ccc(S(=O)(=O)NC(CN)C2CCCC2)c2cccnc12. The van der Waals surface area contributed by atoms with E-state index in [1.165, 1.54) is 0 Å². The molecule has 124 valence electrons. The molecule has 1 heterocycles. The van der Waals surface area contributed by atoms with Crippen molar-refractivity contribution < 1.29 is 8.42 Å². The highest BCUT2D eigenvalue weighted by atomic mass is 32.2. The summed E-state index contributed by atoms with van der Waals surface area (Å²) in [5.41, 5.74) is 7.52. The molecule has 23 heavy (non-hydrogen) atoms. The summed E-state index contributed by atoms with van der Waals surface area (Å²) in [6.07, 6.45) is 6.07. The third-order valence-corrected chi connectivity index (χ3v) is 6.30. The lowest BCUT2D eigenvalue weighted by Crippen LogP contribution is -2.44. The van der Waals surface area contributed by atoms with E-state index in [1.54, 1.807) is 30.5 Å².